The van der Waals surface area contributed by atoms with Gasteiger partial charge in [0.1, 0.15) is 0 Å². The topological polar surface area (TPSA) is 12.5 Å². The zero-order valence-electron chi connectivity index (χ0n) is 10.5. The highest BCUT2D eigenvalue weighted by molar-refractivity contribution is 4.96. The molecule has 1 saturated carbocycles. The summed E-state index contributed by atoms with van der Waals surface area (Å²) >= 11 is 0. The molecule has 0 spiro atoms. The molecule has 2 heteroatoms. The van der Waals surface area contributed by atoms with Crippen LogP contribution >= 0.6 is 0 Å². The Bertz CT molecular complexity index is 211. The molecule has 2 rings (SSSR count). The van der Waals surface area contributed by atoms with Gasteiger partial charge in [-0.05, 0) is 37.5 Å². The molecule has 2 aliphatic rings. The van der Waals surface area contributed by atoms with Crippen molar-refractivity contribution in [2.24, 2.45) is 11.3 Å². The first-order valence-corrected chi connectivity index (χ1v) is 6.44. The van der Waals surface area contributed by atoms with E-state index in [1.807, 2.05) is 0 Å². The molecule has 0 aromatic heterocycles. The molecule has 1 aliphatic carbocycles. The second kappa shape index (κ2) is 4.42. The fourth-order valence-corrected chi connectivity index (χ4v) is 2.98. The van der Waals surface area contributed by atoms with Crippen LogP contribution in [-0.4, -0.2) is 37.2 Å². The molecule has 88 valence electrons. The Labute approximate surface area is 94.0 Å². The summed E-state index contributed by atoms with van der Waals surface area (Å²) in [6.45, 7) is 11.4. The molecule has 15 heavy (non-hydrogen) atoms. The average molecular weight is 211 g/mol. The van der Waals surface area contributed by atoms with Crippen molar-refractivity contribution in [3.63, 3.8) is 0 Å². The summed E-state index contributed by atoms with van der Waals surface area (Å²) < 4.78 is 5.58. The largest absolute Gasteiger partial charge is 0.376 e. The molecule has 0 N–H and O–H groups in total. The van der Waals surface area contributed by atoms with Crippen LogP contribution in [0.25, 0.3) is 0 Å². The van der Waals surface area contributed by atoms with Gasteiger partial charge in [-0.3, -0.25) is 4.90 Å². The fourth-order valence-electron chi connectivity index (χ4n) is 2.98. The molecule has 2 nitrogen and oxygen atoms in total. The Morgan fingerprint density at radius 1 is 1.40 bits per heavy atom. The normalized spacial score (nSPS) is 30.8. The van der Waals surface area contributed by atoms with Gasteiger partial charge in [-0.2, -0.15) is 0 Å². The zero-order valence-corrected chi connectivity index (χ0v) is 10.5. The van der Waals surface area contributed by atoms with E-state index in [1.54, 1.807) is 0 Å². The Morgan fingerprint density at radius 2 is 2.13 bits per heavy atom. The maximum absolute atomic E-state index is 5.58. The van der Waals surface area contributed by atoms with Crippen LogP contribution in [0.2, 0.25) is 0 Å². The van der Waals surface area contributed by atoms with E-state index in [0.717, 1.165) is 25.6 Å². The molecule has 1 atom stereocenters. The predicted molar refractivity (Wildman–Crippen MR) is 63.0 cm³/mol. The maximum atomic E-state index is 5.58. The minimum atomic E-state index is 0.439. The van der Waals surface area contributed by atoms with Crippen LogP contribution in [0.4, 0.5) is 0 Å². The van der Waals surface area contributed by atoms with Gasteiger partial charge in [0, 0.05) is 19.6 Å². The van der Waals surface area contributed by atoms with Crippen LogP contribution in [0, 0.1) is 11.3 Å². The second-order valence-electron chi connectivity index (χ2n) is 6.01. The molecule has 0 aromatic carbocycles. The van der Waals surface area contributed by atoms with E-state index in [4.69, 9.17) is 4.74 Å². The van der Waals surface area contributed by atoms with Crippen LogP contribution in [-0.2, 0) is 4.74 Å². The van der Waals surface area contributed by atoms with Crippen LogP contribution in [0.1, 0.15) is 40.0 Å². The lowest BCUT2D eigenvalue weighted by Crippen LogP contribution is -2.43. The molecule has 2 fully saturated rings. The van der Waals surface area contributed by atoms with Gasteiger partial charge < -0.3 is 4.74 Å². The van der Waals surface area contributed by atoms with Gasteiger partial charge in [0.05, 0.1) is 12.7 Å². The number of nitrogens with zero attached hydrogens (tertiary/aromatic N) is 1. The summed E-state index contributed by atoms with van der Waals surface area (Å²) in [7, 11) is 0. The molecule has 1 saturated heterocycles. The molecule has 0 radical (unpaired) electrons. The minimum absolute atomic E-state index is 0.439. The molecule has 0 aromatic rings. The highest BCUT2D eigenvalue weighted by Crippen LogP contribution is 2.51. The van der Waals surface area contributed by atoms with E-state index in [0.29, 0.717) is 11.5 Å². The average Bonchev–Trinajstić information content (AvgIpc) is 2.83. The molecule has 0 bridgehead atoms. The van der Waals surface area contributed by atoms with Gasteiger partial charge in [0.2, 0.25) is 0 Å². The van der Waals surface area contributed by atoms with Crippen LogP contribution < -0.4 is 0 Å². The van der Waals surface area contributed by atoms with E-state index < -0.39 is 0 Å². The maximum Gasteiger partial charge on any atom is 0.0674 e. The quantitative estimate of drug-likeness (QED) is 0.708. The molecule has 0 amide bonds. The first kappa shape index (κ1) is 11.4. The molecule has 1 aliphatic heterocycles. The lowest BCUT2D eigenvalue weighted by atomic mass is 9.93. The summed E-state index contributed by atoms with van der Waals surface area (Å²) in [6.07, 6.45) is 4.76. The first-order chi connectivity index (χ1) is 7.10. The zero-order chi connectivity index (χ0) is 10.9. The monoisotopic (exact) mass is 211 g/mol. The third kappa shape index (κ3) is 3.18. The lowest BCUT2D eigenvalue weighted by Gasteiger charge is -2.34. The Hall–Kier alpha value is -0.0800. The number of hydrogen-bond acceptors (Lipinski definition) is 2. The van der Waals surface area contributed by atoms with Gasteiger partial charge in [-0.1, -0.05) is 13.8 Å². The smallest absolute Gasteiger partial charge is 0.0674 e. The van der Waals surface area contributed by atoms with E-state index in [9.17, 15) is 0 Å². The van der Waals surface area contributed by atoms with E-state index in [2.05, 4.69) is 25.7 Å². The molecule has 1 heterocycles. The van der Waals surface area contributed by atoms with Gasteiger partial charge in [-0.15, -0.1) is 0 Å². The van der Waals surface area contributed by atoms with Gasteiger partial charge in [-0.25, -0.2) is 0 Å². The highest BCUT2D eigenvalue weighted by atomic mass is 16.5. The molecular weight excluding hydrogens is 186 g/mol. The Morgan fingerprint density at radius 3 is 2.67 bits per heavy atom. The standard InChI is InChI=1S/C13H25NO/c1-11(2)8-13(4-5-13)10-14-6-7-15-12(3)9-14/h11-12H,4-10H2,1-3H3/t12-/m1/s1. The first-order valence-electron chi connectivity index (χ1n) is 6.44. The lowest BCUT2D eigenvalue weighted by molar-refractivity contribution is -0.0256. The predicted octanol–water partition coefficient (Wildman–Crippen LogP) is 2.53. The van der Waals surface area contributed by atoms with Crippen molar-refractivity contribution in [1.82, 2.24) is 4.90 Å². The van der Waals surface area contributed by atoms with Crippen molar-refractivity contribution >= 4 is 0 Å². The number of ether oxygens (including phenoxy) is 1. The summed E-state index contributed by atoms with van der Waals surface area (Å²) in [4.78, 5) is 2.61. The second-order valence-corrected chi connectivity index (χ2v) is 6.01. The Balaban J connectivity index is 1.80. The van der Waals surface area contributed by atoms with E-state index >= 15 is 0 Å². The summed E-state index contributed by atoms with van der Waals surface area (Å²) in [5, 5.41) is 0. The van der Waals surface area contributed by atoms with Crippen molar-refractivity contribution in [2.75, 3.05) is 26.2 Å². The molecular formula is C13H25NO. The molecule has 0 unspecified atom stereocenters. The number of rotatable bonds is 4. The van der Waals surface area contributed by atoms with Crippen LogP contribution in [0.3, 0.4) is 0 Å². The number of hydrogen-bond donors (Lipinski definition) is 0. The minimum Gasteiger partial charge on any atom is -0.376 e. The van der Waals surface area contributed by atoms with Crippen molar-refractivity contribution in [1.29, 1.82) is 0 Å². The highest BCUT2D eigenvalue weighted by Gasteiger charge is 2.44. The van der Waals surface area contributed by atoms with Gasteiger partial charge in [0.15, 0.2) is 0 Å². The van der Waals surface area contributed by atoms with Gasteiger partial charge >= 0.3 is 0 Å². The van der Waals surface area contributed by atoms with Gasteiger partial charge in [0.25, 0.3) is 0 Å². The van der Waals surface area contributed by atoms with Crippen molar-refractivity contribution in [3.05, 3.63) is 0 Å². The third-order valence-electron chi connectivity index (χ3n) is 3.68. The summed E-state index contributed by atoms with van der Waals surface area (Å²) in [5.74, 6) is 0.853. The van der Waals surface area contributed by atoms with Crippen molar-refractivity contribution in [3.8, 4) is 0 Å². The van der Waals surface area contributed by atoms with E-state index in [-0.39, 0.29) is 0 Å². The third-order valence-corrected chi connectivity index (χ3v) is 3.68. The Kier molecular flexibility index (Phi) is 3.36. The summed E-state index contributed by atoms with van der Waals surface area (Å²) in [6, 6.07) is 0. The summed E-state index contributed by atoms with van der Waals surface area (Å²) in [5.41, 5.74) is 0.686. The van der Waals surface area contributed by atoms with E-state index in [1.165, 1.54) is 25.8 Å². The van der Waals surface area contributed by atoms with Crippen molar-refractivity contribution in [2.45, 2.75) is 46.1 Å². The van der Waals surface area contributed by atoms with Crippen molar-refractivity contribution < 1.29 is 4.74 Å². The van der Waals surface area contributed by atoms with Crippen LogP contribution in [0.5, 0.6) is 0 Å². The number of morpholine rings is 1. The van der Waals surface area contributed by atoms with Crippen LogP contribution in [0.15, 0.2) is 0 Å². The SMILES string of the molecule is CC(C)CC1(CN2CCO[C@H](C)C2)CC1. The fraction of sp³-hybridized carbons (Fsp3) is 1.00.